The van der Waals surface area contributed by atoms with Crippen molar-refractivity contribution in [3.05, 3.63) is 35.9 Å². The number of rotatable bonds is 17. The largest absolute Gasteiger partial charge is 0.480 e. The lowest BCUT2D eigenvalue weighted by atomic mass is 9.97. The van der Waals surface area contributed by atoms with E-state index in [9.17, 15) is 29.1 Å². The SMILES string of the molecule is CCC(C)C(NC(=O)C(CC(N)=O)NC(=O)C(N)Cc1ccccc1)C(=O)NC(CCCN=C(N)N)C(=O)O. The van der Waals surface area contributed by atoms with Crippen LogP contribution in [0.4, 0.5) is 0 Å². The zero-order valence-corrected chi connectivity index (χ0v) is 22.3. The molecule has 216 valence electrons. The zero-order chi connectivity index (χ0) is 29.5. The zero-order valence-electron chi connectivity index (χ0n) is 22.3. The van der Waals surface area contributed by atoms with E-state index >= 15 is 0 Å². The van der Waals surface area contributed by atoms with Crippen molar-refractivity contribution < 1.29 is 29.1 Å². The fourth-order valence-corrected chi connectivity index (χ4v) is 3.63. The van der Waals surface area contributed by atoms with Gasteiger partial charge in [-0.15, -0.1) is 0 Å². The normalized spacial score (nSPS) is 14.5. The van der Waals surface area contributed by atoms with Crippen LogP contribution >= 0.6 is 0 Å². The van der Waals surface area contributed by atoms with E-state index in [1.807, 2.05) is 6.07 Å². The number of carboxylic acids is 1. The minimum Gasteiger partial charge on any atom is -0.480 e. The molecule has 0 spiro atoms. The molecule has 14 nitrogen and oxygen atoms in total. The van der Waals surface area contributed by atoms with Crippen molar-refractivity contribution in [2.45, 2.75) is 70.1 Å². The molecule has 4 amide bonds. The summed E-state index contributed by atoms with van der Waals surface area (Å²) in [5.41, 5.74) is 22.6. The van der Waals surface area contributed by atoms with Crippen LogP contribution in [0.2, 0.25) is 0 Å². The number of aliphatic imine (C=N–C) groups is 1. The molecule has 39 heavy (non-hydrogen) atoms. The van der Waals surface area contributed by atoms with Crippen molar-refractivity contribution >= 4 is 35.6 Å². The summed E-state index contributed by atoms with van der Waals surface area (Å²) in [6.45, 7) is 3.65. The van der Waals surface area contributed by atoms with Crippen LogP contribution in [-0.4, -0.2) is 71.4 Å². The average molecular weight is 549 g/mol. The summed E-state index contributed by atoms with van der Waals surface area (Å²) >= 11 is 0. The first-order chi connectivity index (χ1) is 18.3. The van der Waals surface area contributed by atoms with Gasteiger partial charge in [-0.25, -0.2) is 4.79 Å². The summed E-state index contributed by atoms with van der Waals surface area (Å²) < 4.78 is 0. The molecule has 0 bridgehead atoms. The second-order valence-electron chi connectivity index (χ2n) is 9.25. The van der Waals surface area contributed by atoms with Gasteiger partial charge in [0.1, 0.15) is 18.1 Å². The first-order valence-electron chi connectivity index (χ1n) is 12.6. The monoisotopic (exact) mass is 548 g/mol. The minimum absolute atomic E-state index is 0.0404. The molecule has 0 heterocycles. The Hall–Kier alpha value is -4.20. The van der Waals surface area contributed by atoms with Crippen LogP contribution in [0.15, 0.2) is 35.3 Å². The number of hydrogen-bond acceptors (Lipinski definition) is 7. The number of guanidine groups is 1. The van der Waals surface area contributed by atoms with E-state index in [0.29, 0.717) is 6.42 Å². The maximum atomic E-state index is 13.1. The Morgan fingerprint density at radius 1 is 0.923 bits per heavy atom. The standard InChI is InChI=1S/C25H40N8O6/c1-3-14(2)20(23(37)31-17(24(38)39)10-7-11-30-25(28)29)33-22(36)18(13-19(27)34)32-21(35)16(26)12-15-8-5-4-6-9-15/h4-6,8-9,14,16-18,20H,3,7,10-13,26H2,1-2H3,(H2,27,34)(H,31,37)(H,32,35)(H,33,36)(H,38,39)(H4,28,29,30). The summed E-state index contributed by atoms with van der Waals surface area (Å²) in [7, 11) is 0. The smallest absolute Gasteiger partial charge is 0.326 e. The topological polar surface area (TPSA) is 258 Å². The lowest BCUT2D eigenvalue weighted by Crippen LogP contribution is -2.59. The molecule has 0 saturated heterocycles. The number of nitrogens with two attached hydrogens (primary N) is 4. The van der Waals surface area contributed by atoms with Crippen LogP contribution in [-0.2, 0) is 30.4 Å². The second kappa shape index (κ2) is 16.6. The Balaban J connectivity index is 2.96. The molecular weight excluding hydrogens is 508 g/mol. The molecule has 0 aliphatic carbocycles. The highest BCUT2D eigenvalue weighted by molar-refractivity contribution is 5.96. The molecule has 1 rings (SSSR count). The maximum absolute atomic E-state index is 13.1. The van der Waals surface area contributed by atoms with Crippen LogP contribution in [0.3, 0.4) is 0 Å². The predicted octanol–water partition coefficient (Wildman–Crippen LogP) is -1.93. The highest BCUT2D eigenvalue weighted by Crippen LogP contribution is 2.11. The molecule has 14 heteroatoms. The molecule has 5 atom stereocenters. The summed E-state index contributed by atoms with van der Waals surface area (Å²) in [5, 5.41) is 16.9. The number of amides is 4. The number of primary amides is 1. The molecule has 0 saturated carbocycles. The number of carboxylic acid groups (broad SMARTS) is 1. The highest BCUT2D eigenvalue weighted by atomic mass is 16.4. The van der Waals surface area contributed by atoms with Crippen molar-refractivity contribution in [3.63, 3.8) is 0 Å². The van der Waals surface area contributed by atoms with E-state index in [0.717, 1.165) is 5.56 Å². The van der Waals surface area contributed by atoms with Gasteiger partial charge < -0.3 is 44.0 Å². The van der Waals surface area contributed by atoms with Gasteiger partial charge in [-0.2, -0.15) is 0 Å². The van der Waals surface area contributed by atoms with E-state index in [2.05, 4.69) is 20.9 Å². The summed E-state index contributed by atoms with van der Waals surface area (Å²) in [5.74, 6) is -4.95. The fourth-order valence-electron chi connectivity index (χ4n) is 3.63. The number of benzene rings is 1. The Morgan fingerprint density at radius 2 is 1.54 bits per heavy atom. The third-order valence-electron chi connectivity index (χ3n) is 6.03. The second-order valence-corrected chi connectivity index (χ2v) is 9.25. The van der Waals surface area contributed by atoms with Crippen LogP contribution in [0.1, 0.15) is 45.1 Å². The number of aliphatic carboxylic acids is 1. The van der Waals surface area contributed by atoms with Crippen LogP contribution in [0, 0.1) is 5.92 Å². The average Bonchev–Trinajstić information content (AvgIpc) is 2.87. The number of nitrogens with one attached hydrogen (secondary N) is 3. The van der Waals surface area contributed by atoms with Gasteiger partial charge in [0.25, 0.3) is 0 Å². The number of carbonyl (C=O) groups excluding carboxylic acids is 4. The van der Waals surface area contributed by atoms with Crippen LogP contribution < -0.4 is 38.9 Å². The van der Waals surface area contributed by atoms with Gasteiger partial charge in [-0.3, -0.25) is 24.2 Å². The Morgan fingerprint density at radius 3 is 2.08 bits per heavy atom. The predicted molar refractivity (Wildman–Crippen MR) is 145 cm³/mol. The molecule has 0 radical (unpaired) electrons. The third kappa shape index (κ3) is 12.3. The Bertz CT molecular complexity index is 1020. The lowest BCUT2D eigenvalue weighted by molar-refractivity contribution is -0.143. The number of hydrogen-bond donors (Lipinski definition) is 8. The van der Waals surface area contributed by atoms with Gasteiger partial charge in [0.05, 0.1) is 12.5 Å². The van der Waals surface area contributed by atoms with Crippen LogP contribution in [0.5, 0.6) is 0 Å². The van der Waals surface area contributed by atoms with E-state index in [-0.39, 0.29) is 31.8 Å². The molecule has 0 aliphatic heterocycles. The van der Waals surface area contributed by atoms with E-state index in [1.165, 1.54) is 0 Å². The molecule has 0 fully saturated rings. The number of nitrogens with zero attached hydrogens (tertiary/aromatic N) is 1. The minimum atomic E-state index is -1.40. The van der Waals surface area contributed by atoms with Gasteiger partial charge >= 0.3 is 5.97 Å². The Kier molecular flexibility index (Phi) is 14.0. The first kappa shape index (κ1) is 32.8. The van der Waals surface area contributed by atoms with Gasteiger partial charge in [0.15, 0.2) is 5.96 Å². The molecule has 0 aliphatic rings. The first-order valence-corrected chi connectivity index (χ1v) is 12.6. The van der Waals surface area contributed by atoms with Crippen molar-refractivity contribution in [2.24, 2.45) is 33.8 Å². The lowest BCUT2D eigenvalue weighted by Gasteiger charge is -2.28. The molecule has 0 aromatic heterocycles. The molecule has 1 aromatic carbocycles. The van der Waals surface area contributed by atoms with Crippen molar-refractivity contribution in [1.82, 2.24) is 16.0 Å². The van der Waals surface area contributed by atoms with Crippen molar-refractivity contribution in [2.75, 3.05) is 6.54 Å². The summed E-state index contributed by atoms with van der Waals surface area (Å²) in [4.78, 5) is 66.0. The number of carbonyl (C=O) groups is 5. The van der Waals surface area contributed by atoms with E-state index in [4.69, 9.17) is 22.9 Å². The van der Waals surface area contributed by atoms with Gasteiger partial charge in [0, 0.05) is 6.54 Å². The quantitative estimate of drug-likeness (QED) is 0.0611. The molecular formula is C25H40N8O6. The summed E-state index contributed by atoms with van der Waals surface area (Å²) in [6, 6.07) is 4.16. The molecule has 5 unspecified atom stereocenters. The highest BCUT2D eigenvalue weighted by Gasteiger charge is 2.33. The molecule has 1 aromatic rings. The molecule has 12 N–H and O–H groups in total. The third-order valence-corrected chi connectivity index (χ3v) is 6.03. The van der Waals surface area contributed by atoms with Gasteiger partial charge in [-0.1, -0.05) is 50.6 Å². The fraction of sp³-hybridized carbons (Fsp3) is 0.520. The van der Waals surface area contributed by atoms with Crippen molar-refractivity contribution in [3.8, 4) is 0 Å². The van der Waals surface area contributed by atoms with Gasteiger partial charge in [0.2, 0.25) is 23.6 Å². The van der Waals surface area contributed by atoms with Crippen molar-refractivity contribution in [1.29, 1.82) is 0 Å². The maximum Gasteiger partial charge on any atom is 0.326 e. The summed E-state index contributed by atoms with van der Waals surface area (Å²) in [6.07, 6.45) is 0.432. The Labute approximate surface area is 227 Å². The van der Waals surface area contributed by atoms with E-state index in [1.54, 1.807) is 38.1 Å². The van der Waals surface area contributed by atoms with E-state index < -0.39 is 66.1 Å². The van der Waals surface area contributed by atoms with Gasteiger partial charge in [-0.05, 0) is 30.7 Å². The van der Waals surface area contributed by atoms with Crippen LogP contribution in [0.25, 0.3) is 0 Å².